The van der Waals surface area contributed by atoms with E-state index in [1.807, 2.05) is 35.0 Å². The first kappa shape index (κ1) is 20.5. The van der Waals surface area contributed by atoms with Gasteiger partial charge >= 0.3 is 0 Å². The molecule has 0 aliphatic carbocycles. The van der Waals surface area contributed by atoms with Crippen LogP contribution in [-0.4, -0.2) is 41.8 Å². The zero-order valence-electron chi connectivity index (χ0n) is 15.1. The third-order valence-electron chi connectivity index (χ3n) is 4.02. The van der Waals surface area contributed by atoms with Crippen LogP contribution in [0.1, 0.15) is 11.1 Å². The maximum atomic E-state index is 12.4. The summed E-state index contributed by atoms with van der Waals surface area (Å²) in [5, 5.41) is 2.74. The van der Waals surface area contributed by atoms with Crippen molar-refractivity contribution in [1.82, 2.24) is 19.2 Å². The van der Waals surface area contributed by atoms with Crippen LogP contribution in [0.5, 0.6) is 0 Å². The number of benzene rings is 1. The number of hydrogen-bond acceptors (Lipinski definition) is 5. The molecule has 1 N–H and O–H groups in total. The van der Waals surface area contributed by atoms with E-state index in [0.717, 1.165) is 33.3 Å². The summed E-state index contributed by atoms with van der Waals surface area (Å²) in [6, 6.07) is 10.8. The van der Waals surface area contributed by atoms with E-state index in [1.54, 1.807) is 12.5 Å². The number of likely N-dealkylation sites (N-methyl/N-ethyl adjacent to an activating group) is 1. The zero-order chi connectivity index (χ0) is 20.1. The van der Waals surface area contributed by atoms with Gasteiger partial charge in [0.05, 0.1) is 17.2 Å². The topological polar surface area (TPSA) is 84.3 Å². The number of nitrogens with one attached hydrogen (secondary N) is 1. The van der Waals surface area contributed by atoms with Crippen molar-refractivity contribution in [2.45, 2.75) is 17.3 Å². The average molecular weight is 439 g/mol. The van der Waals surface area contributed by atoms with Crippen molar-refractivity contribution < 1.29 is 13.2 Å². The molecule has 0 bridgehead atoms. The van der Waals surface area contributed by atoms with E-state index in [2.05, 4.69) is 10.3 Å². The molecule has 0 aliphatic rings. The van der Waals surface area contributed by atoms with Crippen molar-refractivity contribution >= 4 is 38.9 Å². The summed E-state index contributed by atoms with van der Waals surface area (Å²) in [6.45, 7) is 0.779. The molecule has 1 aromatic carbocycles. The highest BCUT2D eigenvalue weighted by molar-refractivity contribution is 7.91. The van der Waals surface area contributed by atoms with Crippen LogP contribution in [-0.2, 0) is 27.9 Å². The Kier molecular flexibility index (Phi) is 6.50. The van der Waals surface area contributed by atoms with Crippen molar-refractivity contribution in [1.29, 1.82) is 0 Å². The Morgan fingerprint density at radius 2 is 1.93 bits per heavy atom. The van der Waals surface area contributed by atoms with E-state index < -0.39 is 10.0 Å². The van der Waals surface area contributed by atoms with Gasteiger partial charge in [-0.3, -0.25) is 4.79 Å². The van der Waals surface area contributed by atoms with Gasteiger partial charge in [-0.05, 0) is 23.3 Å². The number of halogens is 1. The Labute approximate surface area is 172 Å². The molecule has 0 saturated heterocycles. The highest BCUT2D eigenvalue weighted by Gasteiger charge is 2.24. The molecule has 0 atom stereocenters. The normalized spacial score (nSPS) is 11.7. The van der Waals surface area contributed by atoms with E-state index in [-0.39, 0.29) is 16.7 Å². The van der Waals surface area contributed by atoms with E-state index >= 15 is 0 Å². The molecule has 0 aliphatic heterocycles. The van der Waals surface area contributed by atoms with Crippen LogP contribution in [0.4, 0.5) is 0 Å². The maximum Gasteiger partial charge on any atom is 0.252 e. The summed E-state index contributed by atoms with van der Waals surface area (Å²) >= 11 is 6.76. The van der Waals surface area contributed by atoms with Gasteiger partial charge in [0.15, 0.2) is 0 Å². The molecule has 0 unspecified atom stereocenters. The molecule has 0 spiro atoms. The summed E-state index contributed by atoms with van der Waals surface area (Å²) in [5.74, 6) is -0.378. The van der Waals surface area contributed by atoms with Crippen molar-refractivity contribution in [3.8, 4) is 0 Å². The third-order valence-corrected chi connectivity index (χ3v) is 7.52. The first-order valence-electron chi connectivity index (χ1n) is 8.36. The largest absolute Gasteiger partial charge is 0.351 e. The summed E-state index contributed by atoms with van der Waals surface area (Å²) < 4.78 is 28.3. The molecule has 3 aromatic rings. The smallest absolute Gasteiger partial charge is 0.252 e. The van der Waals surface area contributed by atoms with Crippen LogP contribution in [0.15, 0.2) is 59.3 Å². The molecule has 1 amide bonds. The summed E-state index contributed by atoms with van der Waals surface area (Å²) in [6.07, 6.45) is 5.37. The number of imidazole rings is 1. The number of aromatic nitrogens is 2. The van der Waals surface area contributed by atoms with Gasteiger partial charge in [-0.1, -0.05) is 35.9 Å². The molecule has 2 heterocycles. The van der Waals surface area contributed by atoms with Crippen molar-refractivity contribution in [2.75, 3.05) is 13.6 Å². The van der Waals surface area contributed by atoms with Crippen molar-refractivity contribution in [3.05, 3.63) is 70.6 Å². The Hall–Kier alpha value is -2.20. The van der Waals surface area contributed by atoms with Crippen LogP contribution < -0.4 is 5.32 Å². The predicted molar refractivity (Wildman–Crippen MR) is 109 cm³/mol. The van der Waals surface area contributed by atoms with Gasteiger partial charge in [0.25, 0.3) is 10.0 Å². The first-order valence-corrected chi connectivity index (χ1v) is 11.0. The number of amides is 1. The van der Waals surface area contributed by atoms with E-state index in [0.29, 0.717) is 10.9 Å². The first-order chi connectivity index (χ1) is 13.3. The van der Waals surface area contributed by atoms with Gasteiger partial charge in [0, 0.05) is 32.5 Å². The fourth-order valence-electron chi connectivity index (χ4n) is 2.49. The van der Waals surface area contributed by atoms with Gasteiger partial charge in [0.2, 0.25) is 5.91 Å². The lowest BCUT2D eigenvalue weighted by molar-refractivity contribution is -0.121. The molecule has 28 heavy (non-hydrogen) atoms. The summed E-state index contributed by atoms with van der Waals surface area (Å²) in [7, 11) is -2.36. The highest BCUT2D eigenvalue weighted by atomic mass is 35.5. The number of carbonyl (C=O) groups excluding carboxylic acids is 1. The SMILES string of the molecule is CN(CC(=O)NCc1ccc(Cn2ccnc2)cc1)S(=O)(=O)c1ccc(Cl)s1. The molecule has 7 nitrogen and oxygen atoms in total. The van der Waals surface area contributed by atoms with Crippen LogP contribution in [0.25, 0.3) is 0 Å². The Balaban J connectivity index is 1.51. The third kappa shape index (κ3) is 5.20. The number of rotatable bonds is 8. The second-order valence-corrected chi connectivity index (χ2v) is 10.1. The molecule has 0 radical (unpaired) electrons. The number of sulfonamides is 1. The average Bonchev–Trinajstić information content (AvgIpc) is 3.33. The van der Waals surface area contributed by atoms with Gasteiger partial charge < -0.3 is 9.88 Å². The molecule has 0 fully saturated rings. The highest BCUT2D eigenvalue weighted by Crippen LogP contribution is 2.27. The Bertz CT molecular complexity index is 1030. The van der Waals surface area contributed by atoms with Crippen molar-refractivity contribution in [3.63, 3.8) is 0 Å². The molecule has 10 heteroatoms. The second-order valence-electron chi connectivity index (χ2n) is 6.15. The molecule has 148 valence electrons. The lowest BCUT2D eigenvalue weighted by atomic mass is 10.1. The van der Waals surface area contributed by atoms with Crippen LogP contribution in [0.3, 0.4) is 0 Å². The fraction of sp³-hybridized carbons (Fsp3) is 0.222. The lowest BCUT2D eigenvalue weighted by Crippen LogP contribution is -2.37. The van der Waals surface area contributed by atoms with E-state index in [1.165, 1.54) is 19.2 Å². The fourth-order valence-corrected chi connectivity index (χ4v) is 5.31. The molecule has 0 saturated carbocycles. The van der Waals surface area contributed by atoms with Gasteiger partial charge in [-0.25, -0.2) is 13.4 Å². The van der Waals surface area contributed by atoms with Crippen molar-refractivity contribution in [2.24, 2.45) is 0 Å². The van der Waals surface area contributed by atoms with Crippen LogP contribution in [0, 0.1) is 0 Å². The zero-order valence-corrected chi connectivity index (χ0v) is 17.5. The molecule has 3 rings (SSSR count). The summed E-state index contributed by atoms with van der Waals surface area (Å²) in [4.78, 5) is 16.1. The lowest BCUT2D eigenvalue weighted by Gasteiger charge is -2.15. The number of thiophene rings is 1. The standard InChI is InChI=1S/C18H19ClN4O3S2/c1-22(28(25,26)18-7-6-16(19)27-18)12-17(24)21-10-14-2-4-15(5-3-14)11-23-9-8-20-13-23/h2-9,13H,10-12H2,1H3,(H,21,24). The van der Waals surface area contributed by atoms with E-state index in [9.17, 15) is 13.2 Å². The molecule has 2 aromatic heterocycles. The van der Waals surface area contributed by atoms with Gasteiger partial charge in [-0.15, -0.1) is 11.3 Å². The predicted octanol–water partition coefficient (Wildman–Crippen LogP) is 2.58. The molecular weight excluding hydrogens is 420 g/mol. The number of carbonyl (C=O) groups is 1. The number of nitrogens with zero attached hydrogens (tertiary/aromatic N) is 3. The number of hydrogen-bond donors (Lipinski definition) is 1. The van der Waals surface area contributed by atoms with Crippen LogP contribution in [0.2, 0.25) is 4.34 Å². The second kappa shape index (κ2) is 8.87. The van der Waals surface area contributed by atoms with Crippen LogP contribution >= 0.6 is 22.9 Å². The van der Waals surface area contributed by atoms with E-state index in [4.69, 9.17) is 11.6 Å². The minimum absolute atomic E-state index is 0.112. The Morgan fingerprint density at radius 3 is 2.54 bits per heavy atom. The molecular formula is C18H19ClN4O3S2. The van der Waals surface area contributed by atoms with Gasteiger partial charge in [0.1, 0.15) is 4.21 Å². The van der Waals surface area contributed by atoms with Gasteiger partial charge in [-0.2, -0.15) is 4.31 Å². The quantitative estimate of drug-likeness (QED) is 0.585. The minimum atomic E-state index is -3.73. The maximum absolute atomic E-state index is 12.4. The monoisotopic (exact) mass is 438 g/mol. The Morgan fingerprint density at radius 1 is 1.21 bits per heavy atom. The minimum Gasteiger partial charge on any atom is -0.351 e. The summed E-state index contributed by atoms with van der Waals surface area (Å²) in [5.41, 5.74) is 2.05.